The first-order chi connectivity index (χ1) is 17.7. The predicted octanol–water partition coefficient (Wildman–Crippen LogP) is 3.45. The molecule has 0 fully saturated rings. The summed E-state index contributed by atoms with van der Waals surface area (Å²) in [6, 6.07) is 7.53. The smallest absolute Gasteiger partial charge is 0.260 e. The molecule has 37 heavy (non-hydrogen) atoms. The third-order valence-corrected chi connectivity index (χ3v) is 7.07. The average Bonchev–Trinajstić information content (AvgIpc) is 3.56. The number of carbonyl (C=O) groups excluding carboxylic acids is 2. The lowest BCUT2D eigenvalue weighted by atomic mass is 10.1. The van der Waals surface area contributed by atoms with Crippen LogP contribution in [-0.2, 0) is 11.2 Å². The number of nitrogens with zero attached hydrogens (tertiary/aromatic N) is 4. The second-order valence-corrected chi connectivity index (χ2v) is 10.1. The number of aromatic nitrogens is 3. The van der Waals surface area contributed by atoms with Crippen LogP contribution in [-0.4, -0.2) is 65.5 Å². The molecule has 2 amide bonds. The van der Waals surface area contributed by atoms with Crippen molar-refractivity contribution >= 4 is 63.0 Å². The SMILES string of the molecule is COc1cc2c(cc1Nc1nc(Nc3ccsc3C(N)=O)c3cc[nH]c3n1)N(C(=O)CN(C)C)[C@@H](C)C2. The van der Waals surface area contributed by atoms with E-state index in [-0.39, 0.29) is 11.9 Å². The van der Waals surface area contributed by atoms with E-state index in [1.807, 2.05) is 49.0 Å². The number of fused-ring (bicyclic) bond motifs is 2. The van der Waals surface area contributed by atoms with Gasteiger partial charge in [0.1, 0.15) is 22.1 Å². The number of aromatic amines is 1. The van der Waals surface area contributed by atoms with Gasteiger partial charge in [-0.2, -0.15) is 9.97 Å². The van der Waals surface area contributed by atoms with Crippen molar-refractivity contribution in [3.63, 3.8) is 0 Å². The molecule has 1 atom stereocenters. The predicted molar refractivity (Wildman–Crippen MR) is 145 cm³/mol. The molecule has 0 saturated heterocycles. The fourth-order valence-corrected chi connectivity index (χ4v) is 5.28. The van der Waals surface area contributed by atoms with Gasteiger partial charge in [0.05, 0.1) is 30.4 Å². The van der Waals surface area contributed by atoms with E-state index in [1.54, 1.807) is 24.8 Å². The van der Waals surface area contributed by atoms with E-state index in [2.05, 4.69) is 25.6 Å². The highest BCUT2D eigenvalue weighted by molar-refractivity contribution is 7.12. The Labute approximate surface area is 217 Å². The third-order valence-electron chi connectivity index (χ3n) is 6.14. The molecule has 5 N–H and O–H groups in total. The summed E-state index contributed by atoms with van der Waals surface area (Å²) in [4.78, 5) is 41.3. The second kappa shape index (κ2) is 9.71. The highest BCUT2D eigenvalue weighted by Crippen LogP contribution is 2.41. The Kier molecular flexibility index (Phi) is 6.44. The minimum atomic E-state index is -0.513. The summed E-state index contributed by atoms with van der Waals surface area (Å²) in [6.07, 6.45) is 2.51. The molecule has 0 bridgehead atoms. The molecule has 1 aliphatic heterocycles. The Hall–Kier alpha value is -4.16. The van der Waals surface area contributed by atoms with E-state index < -0.39 is 5.91 Å². The van der Waals surface area contributed by atoms with Gasteiger partial charge in [-0.3, -0.25) is 9.59 Å². The van der Waals surface area contributed by atoms with Gasteiger partial charge in [0, 0.05) is 17.9 Å². The Balaban J connectivity index is 1.52. The van der Waals surface area contributed by atoms with E-state index in [0.717, 1.165) is 23.1 Å². The monoisotopic (exact) mass is 520 g/mol. The number of benzene rings is 1. The molecule has 192 valence electrons. The van der Waals surface area contributed by atoms with Crippen LogP contribution >= 0.6 is 11.3 Å². The van der Waals surface area contributed by atoms with Crippen molar-refractivity contribution in [3.8, 4) is 5.75 Å². The van der Waals surface area contributed by atoms with Crippen molar-refractivity contribution in [2.75, 3.05) is 43.3 Å². The van der Waals surface area contributed by atoms with E-state index in [4.69, 9.17) is 10.5 Å². The molecule has 0 aliphatic carbocycles. The number of thiophene rings is 1. The van der Waals surface area contributed by atoms with Gasteiger partial charge in [0.15, 0.2) is 0 Å². The minimum absolute atomic E-state index is 0.0314. The van der Waals surface area contributed by atoms with Crippen molar-refractivity contribution < 1.29 is 14.3 Å². The number of H-pyrrole nitrogens is 1. The van der Waals surface area contributed by atoms with Crippen molar-refractivity contribution in [2.24, 2.45) is 5.73 Å². The lowest BCUT2D eigenvalue weighted by molar-refractivity contribution is -0.119. The van der Waals surface area contributed by atoms with Gasteiger partial charge in [0.2, 0.25) is 11.9 Å². The molecule has 0 radical (unpaired) electrons. The Morgan fingerprint density at radius 2 is 2.05 bits per heavy atom. The molecule has 0 saturated carbocycles. The second-order valence-electron chi connectivity index (χ2n) is 9.15. The molecular weight excluding hydrogens is 492 g/mol. The number of methoxy groups -OCH3 is 1. The number of nitrogens with two attached hydrogens (primary N) is 1. The molecule has 5 rings (SSSR count). The molecule has 1 aliphatic rings. The maximum atomic E-state index is 13.0. The highest BCUT2D eigenvalue weighted by Gasteiger charge is 2.32. The quantitative estimate of drug-likeness (QED) is 0.277. The number of nitrogens with one attached hydrogen (secondary N) is 3. The van der Waals surface area contributed by atoms with Crippen LogP contribution in [0.3, 0.4) is 0 Å². The summed E-state index contributed by atoms with van der Waals surface area (Å²) in [7, 11) is 5.36. The van der Waals surface area contributed by atoms with Crippen molar-refractivity contribution in [2.45, 2.75) is 19.4 Å². The van der Waals surface area contributed by atoms with Crippen LogP contribution in [0.4, 0.5) is 28.8 Å². The number of likely N-dealkylation sites (N-methyl/N-ethyl adjacent to an activating group) is 1. The normalized spacial score (nSPS) is 14.7. The van der Waals surface area contributed by atoms with Gasteiger partial charge in [-0.15, -0.1) is 11.3 Å². The molecule has 0 unspecified atom stereocenters. The van der Waals surface area contributed by atoms with Crippen LogP contribution in [0.25, 0.3) is 11.0 Å². The maximum Gasteiger partial charge on any atom is 0.260 e. The van der Waals surface area contributed by atoms with Gasteiger partial charge in [0.25, 0.3) is 5.91 Å². The molecule has 4 heterocycles. The lowest BCUT2D eigenvalue weighted by Crippen LogP contribution is -2.41. The number of hydrogen-bond donors (Lipinski definition) is 4. The topological polar surface area (TPSA) is 142 Å². The molecule has 0 spiro atoms. The van der Waals surface area contributed by atoms with Crippen LogP contribution in [0.5, 0.6) is 5.75 Å². The summed E-state index contributed by atoms with van der Waals surface area (Å²) in [6.45, 7) is 2.36. The van der Waals surface area contributed by atoms with Crippen LogP contribution in [0.15, 0.2) is 35.8 Å². The van der Waals surface area contributed by atoms with E-state index in [0.29, 0.717) is 46.0 Å². The first-order valence-corrected chi connectivity index (χ1v) is 12.6. The Morgan fingerprint density at radius 3 is 2.78 bits per heavy atom. The number of anilines is 5. The van der Waals surface area contributed by atoms with Gasteiger partial charge in [-0.05, 0) is 62.6 Å². The zero-order valence-corrected chi connectivity index (χ0v) is 21.8. The third kappa shape index (κ3) is 4.68. The van der Waals surface area contributed by atoms with Gasteiger partial charge in [-0.25, -0.2) is 0 Å². The minimum Gasteiger partial charge on any atom is -0.495 e. The number of carbonyl (C=O) groups is 2. The summed E-state index contributed by atoms with van der Waals surface area (Å²) < 4.78 is 5.67. The first kappa shape index (κ1) is 24.5. The fourth-order valence-electron chi connectivity index (χ4n) is 4.58. The van der Waals surface area contributed by atoms with E-state index in [1.165, 1.54) is 11.3 Å². The molecule has 3 aromatic heterocycles. The van der Waals surface area contributed by atoms with Gasteiger partial charge < -0.3 is 35.9 Å². The molecule has 11 nitrogen and oxygen atoms in total. The standard InChI is InChI=1S/C25H28N8O3S/c1-13-9-14-10-19(36-4)17(11-18(14)33(13)20(34)12-32(2)3)29-25-30-23-15(5-7-27-23)24(31-25)28-16-6-8-37-21(16)22(26)35/h5-8,10-11,13H,9,12H2,1-4H3,(H2,26,35)(H3,27,28,29,30,31)/t13-/m0/s1. The summed E-state index contributed by atoms with van der Waals surface area (Å²) in [5.41, 5.74) is 9.21. The van der Waals surface area contributed by atoms with Gasteiger partial charge >= 0.3 is 0 Å². The number of ether oxygens (including phenoxy) is 1. The van der Waals surface area contributed by atoms with Crippen molar-refractivity contribution in [1.29, 1.82) is 0 Å². The van der Waals surface area contributed by atoms with Crippen molar-refractivity contribution in [1.82, 2.24) is 19.9 Å². The number of rotatable bonds is 8. The summed E-state index contributed by atoms with van der Waals surface area (Å²) in [5, 5.41) is 9.02. The number of hydrogen-bond acceptors (Lipinski definition) is 9. The Morgan fingerprint density at radius 1 is 1.24 bits per heavy atom. The average molecular weight is 521 g/mol. The summed E-state index contributed by atoms with van der Waals surface area (Å²) >= 11 is 1.26. The first-order valence-electron chi connectivity index (χ1n) is 11.7. The zero-order valence-electron chi connectivity index (χ0n) is 21.0. The molecular formula is C25H28N8O3S. The van der Waals surface area contributed by atoms with Crippen LogP contribution in [0, 0.1) is 0 Å². The zero-order chi connectivity index (χ0) is 26.3. The number of primary amides is 1. The largest absolute Gasteiger partial charge is 0.495 e. The van der Waals surface area contributed by atoms with E-state index in [9.17, 15) is 9.59 Å². The van der Waals surface area contributed by atoms with Crippen LogP contribution in [0.1, 0.15) is 22.2 Å². The lowest BCUT2D eigenvalue weighted by Gasteiger charge is -2.25. The van der Waals surface area contributed by atoms with Crippen LogP contribution in [0.2, 0.25) is 0 Å². The van der Waals surface area contributed by atoms with Crippen LogP contribution < -0.4 is 26.0 Å². The fraction of sp³-hybridized carbons (Fsp3) is 0.280. The maximum absolute atomic E-state index is 13.0. The molecule has 12 heteroatoms. The summed E-state index contributed by atoms with van der Waals surface area (Å²) in [5.74, 6) is 0.950. The van der Waals surface area contributed by atoms with Gasteiger partial charge in [-0.1, -0.05) is 0 Å². The molecule has 1 aromatic carbocycles. The Bertz CT molecular complexity index is 1490. The number of amides is 2. The van der Waals surface area contributed by atoms with Crippen molar-refractivity contribution in [3.05, 3.63) is 46.3 Å². The molecule has 4 aromatic rings. The highest BCUT2D eigenvalue weighted by atomic mass is 32.1. The van der Waals surface area contributed by atoms with E-state index >= 15 is 0 Å².